The smallest absolute Gasteiger partial charge is 0.171 e. The molecule has 12 saturated carbocycles. The normalized spacial score (nSPS) is 46.5. The first-order valence-electron chi connectivity index (χ1n) is 36.6. The third kappa shape index (κ3) is 13.5. The number of hydrogen-bond acceptors (Lipinski definition) is 15. The van der Waals surface area contributed by atoms with Gasteiger partial charge in [-0.25, -0.2) is 4.68 Å². The highest BCUT2D eigenvalue weighted by atomic mass is 79.9. The maximum Gasteiger partial charge on any atom is 0.171 e. The molecule has 0 radical (unpaired) electrons. The van der Waals surface area contributed by atoms with Gasteiger partial charge in [-0.2, -0.15) is 9.91 Å². The van der Waals surface area contributed by atoms with Crippen molar-refractivity contribution < 1.29 is 29.7 Å². The van der Waals surface area contributed by atoms with Gasteiger partial charge in [0.05, 0.1) is 27.8 Å². The van der Waals surface area contributed by atoms with E-state index in [-0.39, 0.29) is 62.8 Å². The Morgan fingerprint density at radius 3 is 1.16 bits per heavy atom. The third-order valence-electron chi connectivity index (χ3n) is 30.6. The Labute approximate surface area is 574 Å². The molecular formula is C76H128BrN11O6. The van der Waals surface area contributed by atoms with Crippen LogP contribution in [0.2, 0.25) is 0 Å². The summed E-state index contributed by atoms with van der Waals surface area (Å²) >= 11 is 3.43. The number of carbonyl (C=O) groups excluding carboxylic acids is 3. The lowest BCUT2D eigenvalue weighted by atomic mass is 9.44. The number of hydrogen-bond donors (Lipinski definition) is 3. The number of aliphatic hydroxyl groups is 3. The number of ketones is 3. The minimum absolute atomic E-state index is 0. The molecule has 0 spiro atoms. The molecule has 3 N–H and O–H groups in total. The molecular weight excluding hydrogens is 1240 g/mol. The van der Waals surface area contributed by atoms with Gasteiger partial charge in [0, 0.05) is 17.8 Å². The Morgan fingerprint density at radius 1 is 0.457 bits per heavy atom. The van der Waals surface area contributed by atoms with E-state index in [4.69, 9.17) is 0 Å². The zero-order valence-electron chi connectivity index (χ0n) is 57.9. The molecule has 12 aliphatic carbocycles. The Morgan fingerprint density at radius 2 is 0.840 bits per heavy atom. The van der Waals surface area contributed by atoms with Crippen LogP contribution in [0.5, 0.6) is 0 Å². The molecule has 3 heterocycles. The highest BCUT2D eigenvalue weighted by Crippen LogP contribution is 2.72. The first-order valence-corrected chi connectivity index (χ1v) is 37.7. The lowest BCUT2D eigenvalue weighted by molar-refractivity contribution is -0.151. The van der Waals surface area contributed by atoms with E-state index in [1.807, 2.05) is 41.5 Å². The second-order valence-corrected chi connectivity index (χ2v) is 36.2. The monoisotopic (exact) mass is 1370 g/mol. The van der Waals surface area contributed by atoms with Gasteiger partial charge in [-0.3, -0.25) is 14.4 Å². The number of alkyl halides is 1. The van der Waals surface area contributed by atoms with Gasteiger partial charge in [0.15, 0.2) is 17.4 Å². The zero-order chi connectivity index (χ0) is 65.1. The molecule has 94 heavy (non-hydrogen) atoms. The molecule has 0 saturated heterocycles. The van der Waals surface area contributed by atoms with Gasteiger partial charge in [0.25, 0.3) is 0 Å². The molecule has 13 aliphatic rings. The molecule has 0 unspecified atom stereocenters. The van der Waals surface area contributed by atoms with E-state index in [2.05, 4.69) is 104 Å². The molecule has 15 rings (SSSR count). The van der Waals surface area contributed by atoms with Crippen molar-refractivity contribution in [3.8, 4) is 0 Å². The van der Waals surface area contributed by atoms with Gasteiger partial charge in [0.1, 0.15) is 31.2 Å². The van der Waals surface area contributed by atoms with E-state index in [1.54, 1.807) is 4.68 Å². The molecule has 17 nitrogen and oxygen atoms in total. The van der Waals surface area contributed by atoms with E-state index in [0.717, 1.165) is 124 Å². The van der Waals surface area contributed by atoms with Crippen LogP contribution in [0.15, 0.2) is 15.4 Å². The Hall–Kier alpha value is -3.22. The van der Waals surface area contributed by atoms with Crippen molar-refractivity contribution in [2.75, 3.05) is 11.9 Å². The average molecular weight is 1370 g/mol. The summed E-state index contributed by atoms with van der Waals surface area (Å²) in [6, 6.07) is 0. The Balaban J connectivity index is 0.000000157. The van der Waals surface area contributed by atoms with Gasteiger partial charge in [-0.1, -0.05) is 79.8 Å². The van der Waals surface area contributed by atoms with Crippen LogP contribution in [0, 0.1) is 135 Å². The molecule has 24 atom stereocenters. The zero-order valence-corrected chi connectivity index (χ0v) is 59.5. The molecule has 1 aliphatic heterocycles. The van der Waals surface area contributed by atoms with Crippen LogP contribution in [0.1, 0.15) is 277 Å². The second-order valence-electron chi connectivity index (χ2n) is 35.6. The first kappa shape index (κ1) is 75.0. The largest absolute Gasteiger partial charge is 0.390 e. The van der Waals surface area contributed by atoms with Crippen molar-refractivity contribution >= 4 is 39.0 Å². The number of carbonyl (C=O) groups is 3. The molecule has 2 aromatic heterocycles. The average Bonchev–Trinajstić information content (AvgIpc) is 1.41. The topological polar surface area (TPSA) is 236 Å². The summed E-state index contributed by atoms with van der Waals surface area (Å²) in [7, 11) is 0. The van der Waals surface area contributed by atoms with Crippen molar-refractivity contribution in [3.05, 3.63) is 11.6 Å². The van der Waals surface area contributed by atoms with Crippen LogP contribution >= 0.6 is 15.9 Å². The number of aromatic nitrogens is 8. The van der Waals surface area contributed by atoms with Crippen LogP contribution < -0.4 is 0 Å². The second kappa shape index (κ2) is 27.7. The summed E-state index contributed by atoms with van der Waals surface area (Å²) in [6.07, 6.45) is 31.2. The van der Waals surface area contributed by atoms with Gasteiger partial charge >= 0.3 is 0 Å². The number of rotatable bonds is 8. The summed E-state index contributed by atoms with van der Waals surface area (Å²) in [5.41, 5.74) is 1.27. The first-order chi connectivity index (χ1) is 42.9. The molecule has 18 heteroatoms. The van der Waals surface area contributed by atoms with Crippen molar-refractivity contribution in [2.45, 2.75) is 309 Å². The Bertz CT molecular complexity index is 3070. The lowest BCUT2D eigenvalue weighted by Crippen LogP contribution is -2.55. The number of fused-ring (bicyclic) bond motifs is 15. The van der Waals surface area contributed by atoms with Crippen LogP contribution in [0.4, 0.5) is 0 Å². The maximum atomic E-state index is 13.3. The minimum atomic E-state index is -0.473. The highest BCUT2D eigenvalue weighted by molar-refractivity contribution is 9.09. The Kier molecular flexibility index (Phi) is 22.1. The minimum Gasteiger partial charge on any atom is -0.390 e. The fourth-order valence-corrected chi connectivity index (χ4v) is 25.9. The van der Waals surface area contributed by atoms with Crippen molar-refractivity contribution in [1.82, 2.24) is 40.4 Å². The van der Waals surface area contributed by atoms with E-state index >= 15 is 0 Å². The van der Waals surface area contributed by atoms with Crippen LogP contribution in [0.3, 0.4) is 0 Å². The van der Waals surface area contributed by atoms with Crippen LogP contribution in [0.25, 0.3) is 0 Å². The van der Waals surface area contributed by atoms with Crippen molar-refractivity contribution in [3.63, 3.8) is 0 Å². The van der Waals surface area contributed by atoms with E-state index < -0.39 is 16.8 Å². The molecule has 0 bridgehead atoms. The standard InChI is InChI=1S/2C24H38N4O2.C22H35BrO2.C3H5N3.3CH4/c1-15-25-26-27-28(15)14-21(29)20-8-7-18-17-6-5-16-13-22(2,30)11-12-23(16,3)19(17)9-10-24(18,20)4;1-15-25-27-28(26-15)14-21(29)20-8-7-18-17-6-5-16-13-22(2,30)11-12-23(16,3)19(17)9-10-24(18,20)4;1-20(25)10-11-21(2)14(12-20)4-5-15-16-6-7-18(19(24)13-23)22(16,3)9-8-17(15)21;1-3-2-4-6-5-3;;;/h2*16-20,30H,5-14H2,1-4H3;14-18,25H,4-13H2,1-3H3;2H2,1H3;3*1H4/t16-,17+,18+,19+,20-,22-,23+,24+;16-,17+,18+,19+,20+,22-,23+,24+;14-,15+,16+,17+,18-,20-,21+,22+;;;;/m111..../s1. The predicted octanol–water partition coefficient (Wildman–Crippen LogP) is 16.0. The molecule has 0 amide bonds. The molecule has 2 aromatic rings. The van der Waals surface area contributed by atoms with E-state index in [1.165, 1.54) is 101 Å². The third-order valence-corrected chi connectivity index (χ3v) is 31.2. The quantitative estimate of drug-likeness (QED) is 0.209. The number of tetrazole rings is 2. The number of nitrogens with zero attached hydrogens (tertiary/aromatic N) is 11. The highest BCUT2D eigenvalue weighted by Gasteiger charge is 2.65. The summed E-state index contributed by atoms with van der Waals surface area (Å²) in [4.78, 5) is 40.5. The summed E-state index contributed by atoms with van der Waals surface area (Å²) < 4.78 is 1.66. The molecule has 0 aromatic carbocycles. The van der Waals surface area contributed by atoms with Gasteiger partial charge in [0.2, 0.25) is 0 Å². The maximum absolute atomic E-state index is 13.3. The van der Waals surface area contributed by atoms with Gasteiger partial charge in [-0.15, -0.1) is 20.4 Å². The van der Waals surface area contributed by atoms with Crippen molar-refractivity contribution in [1.29, 1.82) is 0 Å². The summed E-state index contributed by atoms with van der Waals surface area (Å²) in [5, 5.41) is 66.9. The van der Waals surface area contributed by atoms with Gasteiger partial charge in [-0.05, 0) is 339 Å². The van der Waals surface area contributed by atoms with E-state index in [0.29, 0.717) is 93.3 Å². The van der Waals surface area contributed by atoms with Gasteiger partial charge < -0.3 is 15.3 Å². The summed E-state index contributed by atoms with van der Waals surface area (Å²) in [6.45, 7) is 27.8. The van der Waals surface area contributed by atoms with E-state index in [9.17, 15) is 29.7 Å². The fraction of sp³-hybridized carbons (Fsp3) is 0.921. The van der Waals surface area contributed by atoms with Crippen molar-refractivity contribution in [2.24, 2.45) is 137 Å². The predicted molar refractivity (Wildman–Crippen MR) is 374 cm³/mol. The van der Waals surface area contributed by atoms with Crippen LogP contribution in [-0.2, 0) is 27.5 Å². The fourth-order valence-electron chi connectivity index (χ4n) is 25.5. The molecule has 530 valence electrons. The molecule has 12 fully saturated rings. The number of aryl methyl sites for hydroxylation is 2. The van der Waals surface area contributed by atoms with Crippen LogP contribution in [-0.4, -0.2) is 107 Å². The lowest BCUT2D eigenvalue weighted by Gasteiger charge is -2.61. The summed E-state index contributed by atoms with van der Waals surface area (Å²) in [5.74, 6) is 11.7. The SMILES string of the molecule is C.C.C.CC1=NN=NC1.C[C@@]1(O)CC[C@@]2(C)[C@H](CC[C@@H]3[C@@H]2CC[C@]2(C)[C@@H](C(=O)CBr)CC[C@@H]32)C1.Cc1nnn(CC(=O)[C@@H]2CC[C@H]3[C@@H]4CC[C@@H]5C[C@](C)(O)CC[C@]5(C)[C@H]4CC[C@]23C)n1.Cc1nnnn1CC(=O)[C@H]1CC[C@H]2[C@@H]3CC[C@@H]4C[C@](C)(O)CC[C@]4(C)[C@H]3CC[C@]12C. The number of Topliss-reactive ketones (excluding diaryl/α,β-unsaturated/α-hetero) is 3. The number of halogens is 1.